The quantitative estimate of drug-likeness (QED) is 0.615. The van der Waals surface area contributed by atoms with Crippen LogP contribution in [0.4, 0.5) is 5.69 Å². The third kappa shape index (κ3) is 3.63. The molecule has 3 rings (SSSR count). The highest BCUT2D eigenvalue weighted by molar-refractivity contribution is 5.56. The van der Waals surface area contributed by atoms with Gasteiger partial charge in [-0.3, -0.25) is 15.0 Å². The van der Waals surface area contributed by atoms with Crippen LogP contribution in [0.5, 0.6) is 5.75 Å². The molecule has 124 valence electrons. The summed E-state index contributed by atoms with van der Waals surface area (Å²) in [5.74, 6) is 0.656. The van der Waals surface area contributed by atoms with E-state index < -0.39 is 4.92 Å². The lowest BCUT2D eigenvalue weighted by atomic mass is 9.98. The lowest BCUT2D eigenvalue weighted by molar-refractivity contribution is -0.384. The fraction of sp³-hybridized carbons (Fsp3) is 0.263. The molecule has 0 radical (unpaired) electrons. The Hall–Kier alpha value is -2.66. The van der Waals surface area contributed by atoms with E-state index in [9.17, 15) is 10.1 Å². The number of non-ortho nitro benzene ring substituents is 1. The summed E-state index contributed by atoms with van der Waals surface area (Å²) in [6, 6.07) is 14.9. The fourth-order valence-corrected chi connectivity index (χ4v) is 3.01. The molecule has 0 amide bonds. The number of nitrogens with zero attached hydrogens (tertiary/aromatic N) is 2. The SMILES string of the molecule is CN1CC=Cc2ccccc2[C@@H]1CCOc1ccc([N+](=O)[O-])cc1. The molecule has 2 aromatic carbocycles. The van der Waals surface area contributed by atoms with Gasteiger partial charge in [-0.1, -0.05) is 36.4 Å². The summed E-state index contributed by atoms with van der Waals surface area (Å²) in [5.41, 5.74) is 2.63. The smallest absolute Gasteiger partial charge is 0.269 e. The number of hydrogen-bond acceptors (Lipinski definition) is 4. The van der Waals surface area contributed by atoms with Crippen molar-refractivity contribution in [2.45, 2.75) is 12.5 Å². The van der Waals surface area contributed by atoms with Crippen LogP contribution in [0.2, 0.25) is 0 Å². The maximum Gasteiger partial charge on any atom is 0.269 e. The average molecular weight is 324 g/mol. The van der Waals surface area contributed by atoms with Crippen molar-refractivity contribution < 1.29 is 9.66 Å². The molecule has 0 bridgehead atoms. The van der Waals surface area contributed by atoms with Crippen LogP contribution in [0.25, 0.3) is 6.08 Å². The standard InChI is InChI=1S/C19H20N2O3/c1-20-13-4-6-15-5-2-3-7-18(15)19(20)12-14-24-17-10-8-16(9-11-17)21(22)23/h2-11,19H,12-14H2,1H3/t19-/m0/s1. The predicted molar refractivity (Wildman–Crippen MR) is 94.1 cm³/mol. The molecular formula is C19H20N2O3. The molecule has 0 saturated carbocycles. The van der Waals surface area contributed by atoms with Crippen LogP contribution in [0, 0.1) is 10.1 Å². The van der Waals surface area contributed by atoms with Gasteiger partial charge in [-0.2, -0.15) is 0 Å². The van der Waals surface area contributed by atoms with Crippen LogP contribution in [0.3, 0.4) is 0 Å². The van der Waals surface area contributed by atoms with Crippen LogP contribution >= 0.6 is 0 Å². The molecule has 24 heavy (non-hydrogen) atoms. The number of rotatable bonds is 5. The highest BCUT2D eigenvalue weighted by atomic mass is 16.6. The molecule has 1 aliphatic rings. The zero-order chi connectivity index (χ0) is 16.9. The van der Waals surface area contributed by atoms with Crippen molar-refractivity contribution in [1.29, 1.82) is 0 Å². The molecule has 0 aromatic heterocycles. The first kappa shape index (κ1) is 16.2. The fourth-order valence-electron chi connectivity index (χ4n) is 3.01. The summed E-state index contributed by atoms with van der Waals surface area (Å²) >= 11 is 0. The molecule has 0 N–H and O–H groups in total. The van der Waals surface area contributed by atoms with Crippen molar-refractivity contribution in [3.05, 3.63) is 75.8 Å². The van der Waals surface area contributed by atoms with Crippen molar-refractivity contribution in [3.63, 3.8) is 0 Å². The molecule has 1 aliphatic heterocycles. The first-order chi connectivity index (χ1) is 11.6. The zero-order valence-corrected chi connectivity index (χ0v) is 13.6. The number of likely N-dealkylation sites (N-methyl/N-ethyl adjacent to an activating group) is 1. The summed E-state index contributed by atoms with van der Waals surface area (Å²) in [5, 5.41) is 10.7. The minimum atomic E-state index is -0.409. The summed E-state index contributed by atoms with van der Waals surface area (Å²) in [6.45, 7) is 1.46. The van der Waals surface area contributed by atoms with Gasteiger partial charge in [0, 0.05) is 31.1 Å². The van der Waals surface area contributed by atoms with Crippen LogP contribution < -0.4 is 4.74 Å². The topological polar surface area (TPSA) is 55.6 Å². The molecule has 0 aliphatic carbocycles. The molecule has 1 heterocycles. The van der Waals surface area contributed by atoms with E-state index in [0.29, 0.717) is 12.4 Å². The maximum absolute atomic E-state index is 10.7. The van der Waals surface area contributed by atoms with E-state index in [1.165, 1.54) is 23.3 Å². The number of ether oxygens (including phenoxy) is 1. The van der Waals surface area contributed by atoms with E-state index in [2.05, 4.69) is 48.4 Å². The minimum Gasteiger partial charge on any atom is -0.494 e. The summed E-state index contributed by atoms with van der Waals surface area (Å²) in [4.78, 5) is 12.6. The summed E-state index contributed by atoms with van der Waals surface area (Å²) in [6.07, 6.45) is 5.20. The van der Waals surface area contributed by atoms with E-state index in [-0.39, 0.29) is 11.7 Å². The number of nitro groups is 1. The van der Waals surface area contributed by atoms with Gasteiger partial charge in [-0.15, -0.1) is 0 Å². The lowest BCUT2D eigenvalue weighted by Gasteiger charge is -2.27. The molecule has 5 nitrogen and oxygen atoms in total. The molecule has 0 spiro atoms. The molecular weight excluding hydrogens is 304 g/mol. The first-order valence-electron chi connectivity index (χ1n) is 7.98. The van der Waals surface area contributed by atoms with E-state index in [1.807, 2.05) is 0 Å². The van der Waals surface area contributed by atoms with Crippen molar-refractivity contribution in [3.8, 4) is 5.75 Å². The van der Waals surface area contributed by atoms with Crippen LogP contribution in [-0.4, -0.2) is 30.0 Å². The van der Waals surface area contributed by atoms with E-state index in [1.54, 1.807) is 12.1 Å². The summed E-state index contributed by atoms with van der Waals surface area (Å²) in [7, 11) is 2.11. The van der Waals surface area contributed by atoms with Crippen molar-refractivity contribution in [1.82, 2.24) is 4.90 Å². The zero-order valence-electron chi connectivity index (χ0n) is 13.6. The Morgan fingerprint density at radius 3 is 2.71 bits per heavy atom. The molecule has 1 atom stereocenters. The molecule has 0 unspecified atom stereocenters. The Labute approximate surface area is 141 Å². The third-order valence-electron chi connectivity index (χ3n) is 4.29. The summed E-state index contributed by atoms with van der Waals surface area (Å²) < 4.78 is 5.78. The Balaban J connectivity index is 1.64. The van der Waals surface area contributed by atoms with Crippen molar-refractivity contribution in [2.24, 2.45) is 0 Å². The second-order valence-electron chi connectivity index (χ2n) is 5.87. The number of nitro benzene ring substituents is 1. The van der Waals surface area contributed by atoms with Gasteiger partial charge in [0.15, 0.2) is 0 Å². The van der Waals surface area contributed by atoms with Gasteiger partial charge in [0.2, 0.25) is 0 Å². The normalized spacial score (nSPS) is 17.1. The minimum absolute atomic E-state index is 0.0749. The highest BCUT2D eigenvalue weighted by Crippen LogP contribution is 2.29. The Morgan fingerprint density at radius 2 is 1.96 bits per heavy atom. The van der Waals surface area contributed by atoms with E-state index in [0.717, 1.165) is 13.0 Å². The number of benzene rings is 2. The monoisotopic (exact) mass is 324 g/mol. The Bertz CT molecular complexity index is 741. The second kappa shape index (κ2) is 7.27. The Morgan fingerprint density at radius 1 is 1.21 bits per heavy atom. The third-order valence-corrected chi connectivity index (χ3v) is 4.29. The van der Waals surface area contributed by atoms with E-state index in [4.69, 9.17) is 4.74 Å². The van der Waals surface area contributed by atoms with Gasteiger partial charge in [0.25, 0.3) is 5.69 Å². The lowest BCUT2D eigenvalue weighted by Crippen LogP contribution is -2.25. The van der Waals surface area contributed by atoms with Crippen molar-refractivity contribution >= 4 is 11.8 Å². The molecule has 0 fully saturated rings. The van der Waals surface area contributed by atoms with Gasteiger partial charge in [-0.05, 0) is 30.3 Å². The number of hydrogen-bond donors (Lipinski definition) is 0. The molecule has 5 heteroatoms. The van der Waals surface area contributed by atoms with E-state index >= 15 is 0 Å². The number of fused-ring (bicyclic) bond motifs is 1. The van der Waals surface area contributed by atoms with Crippen LogP contribution in [0.1, 0.15) is 23.6 Å². The second-order valence-corrected chi connectivity index (χ2v) is 5.87. The highest BCUT2D eigenvalue weighted by Gasteiger charge is 2.20. The van der Waals surface area contributed by atoms with Gasteiger partial charge in [0.05, 0.1) is 11.5 Å². The molecule has 2 aromatic rings. The van der Waals surface area contributed by atoms with Gasteiger partial charge in [-0.25, -0.2) is 0 Å². The maximum atomic E-state index is 10.7. The predicted octanol–water partition coefficient (Wildman–Crippen LogP) is 4.06. The first-order valence-corrected chi connectivity index (χ1v) is 7.98. The van der Waals surface area contributed by atoms with Gasteiger partial charge in [0.1, 0.15) is 5.75 Å². The van der Waals surface area contributed by atoms with Gasteiger partial charge >= 0.3 is 0 Å². The average Bonchev–Trinajstić information content (AvgIpc) is 2.74. The van der Waals surface area contributed by atoms with Crippen LogP contribution in [0.15, 0.2) is 54.6 Å². The van der Waals surface area contributed by atoms with Crippen LogP contribution in [-0.2, 0) is 0 Å². The Kier molecular flexibility index (Phi) is 4.91. The molecule has 0 saturated heterocycles. The largest absolute Gasteiger partial charge is 0.494 e. The van der Waals surface area contributed by atoms with Gasteiger partial charge < -0.3 is 4.74 Å². The van der Waals surface area contributed by atoms with Crippen molar-refractivity contribution in [2.75, 3.05) is 20.2 Å².